The van der Waals surface area contributed by atoms with Gasteiger partial charge in [-0.3, -0.25) is 19.8 Å². The molecule has 0 aliphatic heterocycles. The molecule has 0 aliphatic carbocycles. The van der Waals surface area contributed by atoms with Crippen molar-refractivity contribution in [3.05, 3.63) is 76.9 Å². The van der Waals surface area contributed by atoms with Gasteiger partial charge in [-0.1, -0.05) is 6.07 Å². The number of carbonyl (C=O) groups is 1. The van der Waals surface area contributed by atoms with Gasteiger partial charge >= 0.3 is 0 Å². The van der Waals surface area contributed by atoms with Crippen LogP contribution in [0.25, 0.3) is 0 Å². The molecule has 0 aliphatic rings. The average molecular weight is 438 g/mol. The number of rotatable bonds is 7. The first kappa shape index (κ1) is 23.0. The van der Waals surface area contributed by atoms with Crippen molar-refractivity contribution in [3.63, 3.8) is 0 Å². The summed E-state index contributed by atoms with van der Waals surface area (Å²) in [5.41, 5.74) is 4.13. The van der Waals surface area contributed by atoms with Crippen LogP contribution in [0.1, 0.15) is 34.2 Å². The fraction of sp³-hybridized carbons (Fsp3) is 0.292. The topological polar surface area (TPSA) is 80.5 Å². The maximum atomic E-state index is 13.5. The number of nitrogens with zero attached hydrogens (tertiary/aromatic N) is 3. The summed E-state index contributed by atoms with van der Waals surface area (Å²) in [7, 11) is 1.91. The summed E-state index contributed by atoms with van der Waals surface area (Å²) in [4.78, 5) is 17.2. The van der Waals surface area contributed by atoms with Crippen LogP contribution in [0.4, 0.5) is 10.1 Å². The molecule has 2 aromatic carbocycles. The zero-order valence-corrected chi connectivity index (χ0v) is 18.8. The molecule has 0 saturated heterocycles. The van der Waals surface area contributed by atoms with Gasteiger partial charge in [0, 0.05) is 30.5 Å². The highest BCUT2D eigenvalue weighted by atomic mass is 19.1. The van der Waals surface area contributed by atoms with Crippen molar-refractivity contribution in [1.29, 1.82) is 0 Å². The molecule has 168 valence electrons. The van der Waals surface area contributed by atoms with E-state index < -0.39 is 11.7 Å². The maximum Gasteiger partial charge on any atom is 0.258 e. The molecule has 0 bridgehead atoms. The number of nitrogens with one attached hydrogen (secondary N) is 2. The largest absolute Gasteiger partial charge is 0.494 e. The highest BCUT2D eigenvalue weighted by Crippen LogP contribution is 2.16. The molecular formula is C24H28FN5O2. The summed E-state index contributed by atoms with van der Waals surface area (Å²) in [5, 5.41) is 10.3. The SMILES string of the molecule is CCOc1ccc(NC(=NCCc2c(C)nn(C)c2C)NC(=O)c2cccc(F)c2)cc1. The predicted molar refractivity (Wildman–Crippen MR) is 124 cm³/mol. The predicted octanol–water partition coefficient (Wildman–Crippen LogP) is 4.02. The Kier molecular flexibility index (Phi) is 7.59. The third kappa shape index (κ3) is 5.94. The Labute approximate surface area is 187 Å². The van der Waals surface area contributed by atoms with Crippen LogP contribution >= 0.6 is 0 Å². The average Bonchev–Trinajstić information content (AvgIpc) is 3.01. The molecule has 7 nitrogen and oxygen atoms in total. The molecule has 3 aromatic rings. The van der Waals surface area contributed by atoms with Crippen LogP contribution in [0.15, 0.2) is 53.5 Å². The third-order valence-electron chi connectivity index (χ3n) is 5.04. The van der Waals surface area contributed by atoms with Crippen molar-refractivity contribution in [1.82, 2.24) is 15.1 Å². The van der Waals surface area contributed by atoms with E-state index in [4.69, 9.17) is 4.74 Å². The molecule has 3 rings (SSSR count). The van der Waals surface area contributed by atoms with E-state index in [-0.39, 0.29) is 11.5 Å². The first-order valence-corrected chi connectivity index (χ1v) is 10.5. The quantitative estimate of drug-likeness (QED) is 0.432. The fourth-order valence-corrected chi connectivity index (χ4v) is 3.32. The number of hydrogen-bond donors (Lipinski definition) is 2. The molecule has 0 fully saturated rings. The third-order valence-corrected chi connectivity index (χ3v) is 5.04. The lowest BCUT2D eigenvalue weighted by Crippen LogP contribution is -2.36. The Morgan fingerprint density at radius 1 is 1.19 bits per heavy atom. The van der Waals surface area contributed by atoms with Crippen LogP contribution < -0.4 is 15.4 Å². The van der Waals surface area contributed by atoms with Gasteiger partial charge in [-0.2, -0.15) is 5.10 Å². The Balaban J connectivity index is 1.77. The lowest BCUT2D eigenvalue weighted by atomic mass is 10.1. The van der Waals surface area contributed by atoms with E-state index in [0.29, 0.717) is 19.6 Å². The van der Waals surface area contributed by atoms with E-state index in [1.807, 2.05) is 56.8 Å². The number of guanidine groups is 1. The van der Waals surface area contributed by atoms with Gasteiger partial charge in [-0.15, -0.1) is 0 Å². The van der Waals surface area contributed by atoms with Crippen molar-refractivity contribution in [2.45, 2.75) is 27.2 Å². The van der Waals surface area contributed by atoms with E-state index in [0.717, 1.165) is 28.4 Å². The van der Waals surface area contributed by atoms with Gasteiger partial charge in [0.05, 0.1) is 12.3 Å². The standard InChI is InChI=1S/C24H28FN5O2/c1-5-32-21-11-9-20(10-12-21)27-24(28-23(31)18-7-6-8-19(25)15-18)26-14-13-22-16(2)29-30(4)17(22)3/h6-12,15H,5,13-14H2,1-4H3,(H2,26,27,28,31). The summed E-state index contributed by atoms with van der Waals surface area (Å²) >= 11 is 0. The molecule has 32 heavy (non-hydrogen) atoms. The maximum absolute atomic E-state index is 13.5. The van der Waals surface area contributed by atoms with Crippen LogP contribution in [0.3, 0.4) is 0 Å². The summed E-state index contributed by atoms with van der Waals surface area (Å²) in [6.45, 7) is 6.93. The number of anilines is 1. The highest BCUT2D eigenvalue weighted by molar-refractivity contribution is 6.09. The zero-order chi connectivity index (χ0) is 23.1. The van der Waals surface area contributed by atoms with E-state index in [1.54, 1.807) is 6.07 Å². The van der Waals surface area contributed by atoms with E-state index in [1.165, 1.54) is 18.2 Å². The molecule has 0 saturated carbocycles. The molecule has 1 heterocycles. The van der Waals surface area contributed by atoms with Gasteiger partial charge in [0.25, 0.3) is 5.91 Å². The molecule has 0 atom stereocenters. The smallest absolute Gasteiger partial charge is 0.258 e. The first-order valence-electron chi connectivity index (χ1n) is 10.5. The summed E-state index contributed by atoms with van der Waals surface area (Å²) in [5.74, 6) is 0.110. The van der Waals surface area contributed by atoms with Crippen molar-refractivity contribution in [2.75, 3.05) is 18.5 Å². The lowest BCUT2D eigenvalue weighted by Gasteiger charge is -2.13. The van der Waals surface area contributed by atoms with Crippen molar-refractivity contribution in [3.8, 4) is 5.75 Å². The molecule has 0 spiro atoms. The van der Waals surface area contributed by atoms with Crippen molar-refractivity contribution in [2.24, 2.45) is 12.0 Å². The van der Waals surface area contributed by atoms with Crippen molar-refractivity contribution >= 4 is 17.6 Å². The minimum absolute atomic E-state index is 0.213. The second-order valence-electron chi connectivity index (χ2n) is 7.30. The van der Waals surface area contributed by atoms with Gasteiger partial charge in [0.2, 0.25) is 5.96 Å². The molecule has 2 N–H and O–H groups in total. The van der Waals surface area contributed by atoms with Crippen LogP contribution in [0.2, 0.25) is 0 Å². The summed E-state index contributed by atoms with van der Waals surface area (Å²) < 4.78 is 20.8. The number of aryl methyl sites for hydroxylation is 2. The molecule has 1 aromatic heterocycles. The number of ether oxygens (including phenoxy) is 1. The molecule has 1 amide bonds. The number of amides is 1. The van der Waals surface area contributed by atoms with E-state index in [9.17, 15) is 9.18 Å². The zero-order valence-electron chi connectivity index (χ0n) is 18.8. The lowest BCUT2D eigenvalue weighted by molar-refractivity contribution is 0.0976. The van der Waals surface area contributed by atoms with Crippen LogP contribution in [0.5, 0.6) is 5.75 Å². The highest BCUT2D eigenvalue weighted by Gasteiger charge is 2.12. The minimum Gasteiger partial charge on any atom is -0.494 e. The van der Waals surface area contributed by atoms with Gasteiger partial charge < -0.3 is 10.1 Å². The van der Waals surface area contributed by atoms with Gasteiger partial charge in [0.15, 0.2) is 0 Å². The van der Waals surface area contributed by atoms with Crippen LogP contribution in [0, 0.1) is 19.7 Å². The summed E-state index contributed by atoms with van der Waals surface area (Å²) in [6, 6.07) is 12.9. The van der Waals surface area contributed by atoms with E-state index >= 15 is 0 Å². The number of aliphatic imine (C=N–C) groups is 1. The number of halogens is 1. The van der Waals surface area contributed by atoms with Gasteiger partial charge in [0.1, 0.15) is 11.6 Å². The second-order valence-corrected chi connectivity index (χ2v) is 7.30. The molecule has 8 heteroatoms. The van der Waals surface area contributed by atoms with E-state index in [2.05, 4.69) is 20.7 Å². The monoisotopic (exact) mass is 437 g/mol. The molecule has 0 unspecified atom stereocenters. The van der Waals surface area contributed by atoms with Crippen LogP contribution in [-0.4, -0.2) is 34.8 Å². The number of aromatic nitrogens is 2. The number of benzene rings is 2. The van der Waals surface area contributed by atoms with Gasteiger partial charge in [-0.05, 0) is 75.2 Å². The Hall–Kier alpha value is -3.68. The molecular weight excluding hydrogens is 409 g/mol. The fourth-order valence-electron chi connectivity index (χ4n) is 3.32. The first-order chi connectivity index (χ1) is 15.4. The summed E-state index contributed by atoms with van der Waals surface area (Å²) in [6.07, 6.45) is 0.676. The Bertz CT molecular complexity index is 1110. The number of hydrogen-bond acceptors (Lipinski definition) is 4. The number of carbonyl (C=O) groups excluding carboxylic acids is 1. The Morgan fingerprint density at radius 3 is 2.56 bits per heavy atom. The Morgan fingerprint density at radius 2 is 1.94 bits per heavy atom. The molecule has 0 radical (unpaired) electrons. The minimum atomic E-state index is -0.474. The normalized spacial score (nSPS) is 11.3. The van der Waals surface area contributed by atoms with Crippen molar-refractivity contribution < 1.29 is 13.9 Å². The van der Waals surface area contributed by atoms with Gasteiger partial charge in [-0.25, -0.2) is 4.39 Å². The second kappa shape index (κ2) is 10.6. The van der Waals surface area contributed by atoms with Crippen LogP contribution in [-0.2, 0) is 13.5 Å².